The summed E-state index contributed by atoms with van der Waals surface area (Å²) in [5.41, 5.74) is 8.49. The number of nitrogens with zero attached hydrogens (tertiary/aromatic N) is 6. The number of aryl methyl sites for hydroxylation is 6. The van der Waals surface area contributed by atoms with Crippen molar-refractivity contribution in [1.29, 1.82) is 0 Å². The van der Waals surface area contributed by atoms with Crippen LogP contribution < -0.4 is 106 Å². The van der Waals surface area contributed by atoms with Gasteiger partial charge in [0.25, 0.3) is 29.7 Å². The van der Waals surface area contributed by atoms with Crippen molar-refractivity contribution in [3.8, 4) is 40.2 Å². The maximum absolute atomic E-state index is 12.7. The van der Waals surface area contributed by atoms with E-state index < -0.39 is 105 Å². The van der Waals surface area contributed by atoms with E-state index in [0.29, 0.717) is 113 Å². The number of hydrogen-bond acceptors (Lipinski definition) is 40. The Morgan fingerprint density at radius 1 is 0.585 bits per heavy atom. The van der Waals surface area contributed by atoms with Crippen LogP contribution in [0.4, 0.5) is 9.59 Å². The number of Topliss-reactive ketones (excluding diaryl/α,β-unsaturated/α-hetero) is 1. The van der Waals surface area contributed by atoms with Crippen molar-refractivity contribution >= 4 is 112 Å². The van der Waals surface area contributed by atoms with E-state index in [-0.39, 0.29) is 191 Å². The van der Waals surface area contributed by atoms with Crippen molar-refractivity contribution in [1.82, 2.24) is 23.8 Å². The Balaban J connectivity index is 0.000000447. The van der Waals surface area contributed by atoms with E-state index in [4.69, 9.17) is 127 Å². The smallest absolute Gasteiger partial charge is 0.662 e. The number of esters is 4. The molecule has 7 unspecified atom stereocenters. The second-order valence-electron chi connectivity index (χ2n) is 35.2. The second-order valence-corrected chi connectivity index (χ2v) is 36.3. The summed E-state index contributed by atoms with van der Waals surface area (Å²) in [5.74, 6) is -2.99. The Labute approximate surface area is 900 Å². The minimum atomic E-state index is -0.947. The molecule has 6 aromatic rings. The number of ether oxygens (including phenoxy) is 14. The van der Waals surface area contributed by atoms with E-state index in [1.807, 2.05) is 17.9 Å². The molecule has 2 saturated heterocycles. The molecule has 2 fully saturated rings. The summed E-state index contributed by atoms with van der Waals surface area (Å²) >= 11 is 18.5. The topological polar surface area (TPSA) is 617 Å². The monoisotopic (exact) mass is 2260 g/mol. The standard InChI is InChI=1S/C20H29NO8.C19H27NO8.C14H18ClNO4.C14H20NO5.C13H15ClN2O4.C12H17NO6.C2H6ClN.CH3I.CH2O3.Na/c1-19(2,3)29-18(24)21-12(11-27-20(21,4)5)8-9-13-10-14(22)15(25-6)16(28-13)17(23)26-7;1-18(2,3)28-17(24)20-11(10-26-19(20,4)5)7-8-12-9-13(21)14(22)15(27-12)16(23)25-6;1-20-14-12(19)7-9-4-5-10(8-17)16(9)13(14)11(18)3-2-6-15;1-4-20-11-7-9-5-6-10(8-16)15(9)12(13(11)18-2)14(17)19-3;1-20-11-9(17)6-7-2-3-8-12(18)15(5-4-14)13(19)10(11)16(7)8;1-17-10-9(15)5-8(4-3-7(13)6-14)19-11(10)12(16)18-2;3-1-2-4;1-2;2-1-4-3;/h10,12H,8-9,11H2,1-7H3;9,11,22H,7-8,10H2,1-6H3;7,10,17H,2-6,8H2,1H3;7,10,16H,4-6,8H2,1-3H3;6,8,12,18H,2-5H2,1H3;5,7,14H,3-4,6,13H2,1-2H3;1-2,4H2;1H3;1,3H;/q;;;+1;;;;;;+1/p-1. The zero-order chi connectivity index (χ0) is 110. The van der Waals surface area contributed by atoms with E-state index in [1.165, 1.54) is 90.9 Å². The van der Waals surface area contributed by atoms with Crippen LogP contribution in [0.15, 0.2) is 73.6 Å². The normalized spacial score (nSPS) is 17.0. The summed E-state index contributed by atoms with van der Waals surface area (Å²) in [6.07, 6.45) is 5.36. The predicted octanol–water partition coefficient (Wildman–Crippen LogP) is 4.08. The number of amides is 3. The Bertz CT molecular complexity index is 5650. The molecule has 51 heteroatoms. The summed E-state index contributed by atoms with van der Waals surface area (Å²) in [4.78, 5) is 175. The first-order chi connectivity index (χ1) is 69.0. The number of nitrogens with two attached hydrogens (primary N) is 2. The number of aliphatic hydroxyl groups is 4. The first-order valence-corrected chi connectivity index (χ1v) is 49.7. The van der Waals surface area contributed by atoms with Gasteiger partial charge in [0.1, 0.15) is 58.5 Å². The zero-order valence-corrected chi connectivity index (χ0v) is 93.2. The molecule has 0 spiro atoms. The first kappa shape index (κ1) is 131. The van der Waals surface area contributed by atoms with Gasteiger partial charge in [0, 0.05) is 117 Å². The van der Waals surface area contributed by atoms with Crippen LogP contribution in [0.25, 0.3) is 0 Å². The van der Waals surface area contributed by atoms with Crippen LogP contribution in [-0.2, 0) is 86.1 Å². The van der Waals surface area contributed by atoms with Crippen LogP contribution >= 0.6 is 57.4 Å². The predicted molar refractivity (Wildman–Crippen MR) is 533 cm³/mol. The summed E-state index contributed by atoms with van der Waals surface area (Å²) in [6, 6.07) is 6.90. The number of ketones is 1. The van der Waals surface area contributed by atoms with Crippen LogP contribution in [0.1, 0.15) is 243 Å². The molecule has 6 aliphatic heterocycles. The Hall–Kier alpha value is -10.2. The van der Waals surface area contributed by atoms with Crippen LogP contribution in [0.5, 0.6) is 40.2 Å². The number of aromatic hydroxyl groups is 1. The number of aliphatic hydroxyl groups excluding tert-OH is 4. The number of fused-ring (bicyclic) bond motifs is 2. The fourth-order valence-electron chi connectivity index (χ4n) is 16.1. The average molecular weight is 2270 g/mol. The van der Waals surface area contributed by atoms with Crippen LogP contribution in [0.2, 0.25) is 0 Å². The molecule has 0 radical (unpaired) electrons. The molecule has 46 nitrogen and oxygen atoms in total. The molecule has 816 valence electrons. The number of halogens is 4. The Morgan fingerprint density at radius 2 is 1.02 bits per heavy atom. The van der Waals surface area contributed by atoms with E-state index in [2.05, 4.69) is 41.7 Å². The van der Waals surface area contributed by atoms with Gasteiger partial charge in [0.05, 0.1) is 127 Å². The van der Waals surface area contributed by atoms with Gasteiger partial charge in [-0.1, -0.05) is 22.6 Å². The van der Waals surface area contributed by atoms with Crippen molar-refractivity contribution in [2.75, 3.05) is 139 Å². The summed E-state index contributed by atoms with van der Waals surface area (Å²) in [5, 5.41) is 56.2. The third-order valence-electron chi connectivity index (χ3n) is 22.4. The van der Waals surface area contributed by atoms with Gasteiger partial charge in [-0.05, 0) is 132 Å². The van der Waals surface area contributed by atoms with Crippen molar-refractivity contribution in [2.24, 2.45) is 11.5 Å². The SMILES string of the molecule is CCOc1cc2[n+](c(C(=O)OC)c1OC)C(CO)CC2.CI.COC(=O)c1oc(CCC(N)CO)cc(=O)c1OC.COC(=O)c1oc(CCC2COC(C)(C)N2C(=O)OC(C)(C)C)cc(=O)c1O.COC(=O)c1oc(CCC2COC(C)(C)N2C(=O)OC(C)(C)C)cc(=O)c1OC.COc1c(C(=O)CCCCl)n2c(cc1=O)CCC2CO.COc1c2n3c(cc1=O)CCC3C(O)N(CCCl)C2=O.NCCCl.O=CO[O-].[Na+]. The number of hydrogen-bond donors (Lipinski definition) is 7. The number of rotatable bonds is 31. The van der Waals surface area contributed by atoms with E-state index >= 15 is 0 Å². The van der Waals surface area contributed by atoms with Gasteiger partial charge in [-0.3, -0.25) is 48.2 Å². The van der Waals surface area contributed by atoms with E-state index in [0.717, 1.165) is 49.5 Å². The maximum Gasteiger partial charge on any atom is 1.00 e. The molecule has 9 N–H and O–H groups in total. The van der Waals surface area contributed by atoms with Gasteiger partial charge in [0.15, 0.2) is 40.5 Å². The molecule has 12 heterocycles. The fourth-order valence-corrected chi connectivity index (χ4v) is 16.4. The molecule has 7 atom stereocenters. The van der Waals surface area contributed by atoms with Crippen molar-refractivity contribution in [2.45, 2.75) is 231 Å². The minimum absolute atomic E-state index is 0. The number of carbonyl (C=O) groups excluding carboxylic acids is 9. The third kappa shape index (κ3) is 35.5. The molecule has 0 aromatic carbocycles. The Morgan fingerprint density at radius 3 is 1.44 bits per heavy atom. The average Bonchev–Trinajstić information content (AvgIpc) is 1.61. The number of pyridine rings is 3. The fraction of sp³-hybridized carbons (Fsp3) is 0.594. The van der Waals surface area contributed by atoms with Crippen LogP contribution in [0.3, 0.4) is 0 Å². The van der Waals surface area contributed by atoms with Gasteiger partial charge in [-0.2, -0.15) is 4.57 Å². The molecular formula is C96H136Cl3IN8NaO38+. The molecule has 3 amide bonds. The quantitative estimate of drug-likeness (QED) is 0.00308. The molecule has 12 rings (SSSR count). The molecular weight excluding hydrogens is 2130 g/mol. The molecule has 0 aliphatic carbocycles. The molecule has 6 aliphatic rings. The third-order valence-corrected chi connectivity index (χ3v) is 23.0. The van der Waals surface area contributed by atoms with Gasteiger partial charge in [-0.25, -0.2) is 28.8 Å². The van der Waals surface area contributed by atoms with Crippen molar-refractivity contribution in [3.63, 3.8) is 0 Å². The minimum Gasteiger partial charge on any atom is -0.662 e. The number of alkyl halides is 4. The van der Waals surface area contributed by atoms with Crippen LogP contribution in [-0.4, -0.2) is 290 Å². The molecule has 147 heavy (non-hydrogen) atoms. The van der Waals surface area contributed by atoms with Gasteiger partial charge < -0.3 is 141 Å². The van der Waals surface area contributed by atoms with E-state index in [9.17, 15) is 82.8 Å². The summed E-state index contributed by atoms with van der Waals surface area (Å²) in [7, 11) is 11.6. The zero-order valence-electron chi connectivity index (χ0n) is 86.8. The maximum atomic E-state index is 12.7. The molecule has 0 bridgehead atoms. The van der Waals surface area contributed by atoms with Crippen molar-refractivity contribution < 1.29 is 193 Å². The van der Waals surface area contributed by atoms with Crippen molar-refractivity contribution in [3.05, 3.63) is 156 Å². The Kier molecular flexibility index (Phi) is 55.6. The van der Waals surface area contributed by atoms with E-state index in [1.54, 1.807) is 87.8 Å². The molecule has 0 saturated carbocycles. The van der Waals surface area contributed by atoms with Crippen LogP contribution in [0, 0.1) is 0 Å². The second kappa shape index (κ2) is 62.4. The molecule has 6 aromatic heterocycles. The first-order valence-electron chi connectivity index (χ1n) is 46.0. The summed E-state index contributed by atoms with van der Waals surface area (Å²) < 4.78 is 93.4. The largest absolute Gasteiger partial charge is 1.00 e. The van der Waals surface area contributed by atoms with Gasteiger partial charge >= 0.3 is 71.3 Å². The van der Waals surface area contributed by atoms with Gasteiger partial charge in [-0.15, -0.1) is 34.8 Å². The summed E-state index contributed by atoms with van der Waals surface area (Å²) in [6.45, 7) is 21.2. The number of aromatic nitrogens is 3. The number of methoxy groups -OCH3 is 9. The van der Waals surface area contributed by atoms with Gasteiger partial charge in [0.2, 0.25) is 50.1 Å². The number of carbonyl (C=O) groups is 9.